The number of hydrogen-bond donors (Lipinski definition) is 0. The molecule has 2 unspecified atom stereocenters. The van der Waals surface area contributed by atoms with Crippen molar-refractivity contribution >= 4 is 0 Å². The number of rotatable bonds is 22. The maximum absolute atomic E-state index is 6.04. The van der Waals surface area contributed by atoms with Gasteiger partial charge in [0.25, 0.3) is 0 Å². The van der Waals surface area contributed by atoms with E-state index in [-0.39, 0.29) is 33.2 Å². The molecule has 440 valence electrons. The summed E-state index contributed by atoms with van der Waals surface area (Å²) in [5, 5.41) is 0. The summed E-state index contributed by atoms with van der Waals surface area (Å²) in [7, 11) is 0. The Labute approximate surface area is 476 Å². The van der Waals surface area contributed by atoms with Gasteiger partial charge < -0.3 is 18.9 Å². The lowest BCUT2D eigenvalue weighted by Crippen LogP contribution is -2.27. The molecule has 0 aliphatic rings. The van der Waals surface area contributed by atoms with Gasteiger partial charge in [-0.25, -0.2) is 0 Å². The lowest BCUT2D eigenvalue weighted by Gasteiger charge is -2.27. The Bertz CT molecular complexity index is 1910. The molecule has 0 aromatic heterocycles. The molecule has 0 fully saturated rings. The molecule has 0 aliphatic carbocycles. The minimum Gasteiger partial charge on any atom is -0.488 e. The molecule has 4 heteroatoms. The first kappa shape index (κ1) is 78.6. The zero-order valence-corrected chi connectivity index (χ0v) is 56.1. The van der Waals surface area contributed by atoms with Crippen molar-refractivity contribution in [1.29, 1.82) is 0 Å². The molecule has 0 radical (unpaired) electrons. The van der Waals surface area contributed by atoms with Crippen LogP contribution in [-0.4, -0.2) is 22.4 Å². The molecule has 0 bridgehead atoms. The third-order valence-corrected chi connectivity index (χ3v) is 14.1. The molecule has 4 aromatic carbocycles. The van der Waals surface area contributed by atoms with Gasteiger partial charge in [0.1, 0.15) is 45.4 Å². The summed E-state index contributed by atoms with van der Waals surface area (Å²) in [6.07, 6.45) is 11.1. The molecule has 4 rings (SSSR count). The van der Waals surface area contributed by atoms with Crippen LogP contribution in [-0.2, 0) is 10.8 Å². The fourth-order valence-corrected chi connectivity index (χ4v) is 7.28. The lowest BCUT2D eigenvalue weighted by molar-refractivity contribution is 0.0981. The summed E-state index contributed by atoms with van der Waals surface area (Å²) in [5.41, 5.74) is 5.75. The smallest absolute Gasteiger partial charge is 0.120 e. The molecule has 0 aliphatic heterocycles. The van der Waals surface area contributed by atoms with Crippen LogP contribution < -0.4 is 18.9 Å². The molecule has 76 heavy (non-hydrogen) atoms. The van der Waals surface area contributed by atoms with Gasteiger partial charge in [0.05, 0.1) is 0 Å². The van der Waals surface area contributed by atoms with Gasteiger partial charge in [0.15, 0.2) is 0 Å². The Balaban J connectivity index is -0.000000435. The first-order valence-electron chi connectivity index (χ1n) is 30.7. The maximum atomic E-state index is 6.04. The summed E-state index contributed by atoms with van der Waals surface area (Å²) >= 11 is 0. The lowest BCUT2D eigenvalue weighted by atomic mass is 9.82. The summed E-state index contributed by atoms with van der Waals surface area (Å²) in [4.78, 5) is 0. The molecular formula is C72H128O4. The van der Waals surface area contributed by atoms with Crippen molar-refractivity contribution in [2.45, 2.75) is 317 Å². The highest BCUT2D eigenvalue weighted by atomic mass is 16.5. The van der Waals surface area contributed by atoms with Crippen LogP contribution in [0, 0.1) is 0 Å². The Hall–Kier alpha value is -3.92. The highest BCUT2D eigenvalue weighted by Crippen LogP contribution is 2.32. The van der Waals surface area contributed by atoms with Gasteiger partial charge in [0, 0.05) is 0 Å². The Kier molecular flexibility index (Phi) is 42.6. The average Bonchev–Trinajstić information content (AvgIpc) is 3.41. The van der Waals surface area contributed by atoms with E-state index in [9.17, 15) is 0 Å². The average molecular weight is 1060 g/mol. The van der Waals surface area contributed by atoms with E-state index in [1.54, 1.807) is 0 Å². The molecule has 0 saturated heterocycles. The first-order valence-corrected chi connectivity index (χ1v) is 30.7. The van der Waals surface area contributed by atoms with Gasteiger partial charge in [-0.15, -0.1) is 0 Å². The Morgan fingerprint density at radius 3 is 0.697 bits per heavy atom. The van der Waals surface area contributed by atoms with Crippen molar-refractivity contribution in [3.8, 4) is 23.0 Å². The van der Waals surface area contributed by atoms with Gasteiger partial charge in [-0.1, -0.05) is 214 Å². The van der Waals surface area contributed by atoms with Gasteiger partial charge in [-0.05, 0) is 200 Å². The molecule has 0 heterocycles. The van der Waals surface area contributed by atoms with E-state index in [1.807, 2.05) is 55.4 Å². The normalized spacial score (nSPS) is 12.0. The SMILES string of the molecule is CC.CC.CC.CC.CCC(C)(C)Oc1ccc(C(C)(C)CC)cc1.CCC(C)c1ccc(OC(C)(C)CC)cc1.CCCC(C)(C)Oc1ccc(C(C)(C)CC)cc1.CCCC(C)(C)Oc1ccc(C(C)CC)cc1. The number of benzene rings is 4. The monoisotopic (exact) mass is 1060 g/mol. The van der Waals surface area contributed by atoms with Crippen molar-refractivity contribution in [2.75, 3.05) is 0 Å². The third-order valence-electron chi connectivity index (χ3n) is 14.1. The predicted molar refractivity (Wildman–Crippen MR) is 344 cm³/mol. The molecule has 4 aromatic rings. The van der Waals surface area contributed by atoms with Crippen LogP contribution in [0.15, 0.2) is 97.1 Å². The highest BCUT2D eigenvalue weighted by molar-refractivity contribution is 5.34. The molecule has 4 nitrogen and oxygen atoms in total. The summed E-state index contributed by atoms with van der Waals surface area (Å²) < 4.78 is 23.9. The molecule has 0 spiro atoms. The summed E-state index contributed by atoms with van der Waals surface area (Å²) in [5.74, 6) is 5.16. The van der Waals surface area contributed by atoms with E-state index < -0.39 is 0 Å². The predicted octanol–water partition coefficient (Wildman–Crippen LogP) is 24.3. The van der Waals surface area contributed by atoms with Crippen LogP contribution >= 0.6 is 0 Å². The molecule has 0 N–H and O–H groups in total. The maximum Gasteiger partial charge on any atom is 0.120 e. The molecular weight excluding hydrogens is 929 g/mol. The fourth-order valence-electron chi connectivity index (χ4n) is 7.28. The summed E-state index contributed by atoms with van der Waals surface area (Å²) in [6, 6.07) is 34.2. The van der Waals surface area contributed by atoms with E-state index in [1.165, 1.54) is 35.1 Å². The summed E-state index contributed by atoms with van der Waals surface area (Å²) in [6.45, 7) is 64.3. The minimum atomic E-state index is -0.0816. The van der Waals surface area contributed by atoms with Crippen LogP contribution in [0.1, 0.15) is 306 Å². The second-order valence-electron chi connectivity index (χ2n) is 22.9. The zero-order valence-electron chi connectivity index (χ0n) is 56.1. The second kappa shape index (κ2) is 41.2. The minimum absolute atomic E-state index is 0.0629. The van der Waals surface area contributed by atoms with Crippen molar-refractivity contribution in [3.05, 3.63) is 119 Å². The van der Waals surface area contributed by atoms with Crippen molar-refractivity contribution in [3.63, 3.8) is 0 Å². The molecule has 0 amide bonds. The fraction of sp³-hybridized carbons (Fsp3) is 0.667. The third kappa shape index (κ3) is 33.4. The topological polar surface area (TPSA) is 36.9 Å². The van der Waals surface area contributed by atoms with E-state index in [0.29, 0.717) is 11.8 Å². The van der Waals surface area contributed by atoms with E-state index in [4.69, 9.17) is 18.9 Å². The zero-order chi connectivity index (χ0) is 60.0. The molecule has 2 atom stereocenters. The highest BCUT2D eigenvalue weighted by Gasteiger charge is 2.23. The van der Waals surface area contributed by atoms with Gasteiger partial charge in [-0.3, -0.25) is 0 Å². The standard InChI is InChI=1S/C17H28O.2C16H26O.C15H24O.4C2H6/c1-7-13-17(5,6)18-15-11-9-14(10-12-15)16(3,4)8-2;1-7-15(3,4)13-9-11-14(12-10-13)17-16(5,6)8-2;1-6-12-16(4,5)17-15-10-8-14(9-11-15)13(3)7-2;1-6-12(3)13-8-10-14(11-9-13)16-15(4,5)7-2;4*1-2/h9-12H,7-8,13H2,1-6H3;9-12H,7-8H2,1-6H3;8-11,13H,6-7,12H2,1-5H3;8-12H,6-7H2,1-5H3;4*1-2H3. The first-order chi connectivity index (χ1) is 35.6. The van der Waals surface area contributed by atoms with E-state index >= 15 is 0 Å². The van der Waals surface area contributed by atoms with Crippen LogP contribution in [0.4, 0.5) is 0 Å². The van der Waals surface area contributed by atoms with Crippen LogP contribution in [0.3, 0.4) is 0 Å². The van der Waals surface area contributed by atoms with Gasteiger partial charge in [-0.2, -0.15) is 0 Å². The number of hydrogen-bond acceptors (Lipinski definition) is 4. The second-order valence-corrected chi connectivity index (χ2v) is 22.9. The van der Waals surface area contributed by atoms with Gasteiger partial charge >= 0.3 is 0 Å². The van der Waals surface area contributed by atoms with Crippen LogP contribution in [0.25, 0.3) is 0 Å². The Morgan fingerprint density at radius 2 is 0.513 bits per heavy atom. The van der Waals surface area contributed by atoms with Crippen molar-refractivity contribution in [2.24, 2.45) is 0 Å². The number of ether oxygens (including phenoxy) is 4. The largest absolute Gasteiger partial charge is 0.488 e. The van der Waals surface area contributed by atoms with E-state index in [0.717, 1.165) is 74.4 Å². The van der Waals surface area contributed by atoms with Crippen LogP contribution in [0.5, 0.6) is 23.0 Å². The van der Waals surface area contributed by atoms with Crippen molar-refractivity contribution < 1.29 is 18.9 Å². The van der Waals surface area contributed by atoms with Gasteiger partial charge in [0.2, 0.25) is 0 Å². The Morgan fingerprint density at radius 1 is 0.303 bits per heavy atom. The van der Waals surface area contributed by atoms with Crippen LogP contribution in [0.2, 0.25) is 0 Å². The molecule has 0 saturated carbocycles. The quantitative estimate of drug-likeness (QED) is 0.0786. The van der Waals surface area contributed by atoms with Crippen molar-refractivity contribution in [1.82, 2.24) is 0 Å². The van der Waals surface area contributed by atoms with E-state index in [2.05, 4.69) is 249 Å².